The number of carboxylic acid groups (broad SMARTS) is 2. The monoisotopic (exact) mass is 548 g/mol. The van der Waals surface area contributed by atoms with Crippen LogP contribution in [0, 0.1) is 0 Å². The lowest BCUT2D eigenvalue weighted by Crippen LogP contribution is -2.09. The van der Waals surface area contributed by atoms with Gasteiger partial charge in [0.1, 0.15) is 22.3 Å². The van der Waals surface area contributed by atoms with Crippen molar-refractivity contribution in [1.29, 1.82) is 0 Å². The van der Waals surface area contributed by atoms with Crippen LogP contribution in [0.2, 0.25) is 10.0 Å². The summed E-state index contributed by atoms with van der Waals surface area (Å²) in [5.74, 6) is -3.37. The molecule has 2 aromatic carbocycles. The van der Waals surface area contributed by atoms with E-state index in [4.69, 9.17) is 51.7 Å². The normalized spacial score (nSPS) is 11.1. The fourth-order valence-corrected chi connectivity index (χ4v) is 3.99. The van der Waals surface area contributed by atoms with Crippen molar-refractivity contribution < 1.29 is 38.1 Å². The zero-order valence-corrected chi connectivity index (χ0v) is 20.4. The van der Waals surface area contributed by atoms with Crippen LogP contribution in [0.1, 0.15) is 40.4 Å². The highest BCUT2D eigenvalue weighted by Crippen LogP contribution is 2.31. The van der Waals surface area contributed by atoms with Crippen LogP contribution in [0.5, 0.6) is 11.5 Å². The topological polar surface area (TPSA) is 153 Å². The van der Waals surface area contributed by atoms with Crippen molar-refractivity contribution in [3.8, 4) is 11.5 Å². The summed E-state index contributed by atoms with van der Waals surface area (Å²) in [6.45, 7) is 0.505. The lowest BCUT2D eigenvalue weighted by Gasteiger charge is -2.11. The molecule has 37 heavy (non-hydrogen) atoms. The maximum absolute atomic E-state index is 12.4. The molecular formula is C25H18Cl2O10. The highest BCUT2D eigenvalue weighted by atomic mass is 35.5. The van der Waals surface area contributed by atoms with Gasteiger partial charge < -0.3 is 28.5 Å². The van der Waals surface area contributed by atoms with Crippen LogP contribution in [-0.4, -0.2) is 35.4 Å². The van der Waals surface area contributed by atoms with Gasteiger partial charge in [-0.15, -0.1) is 0 Å². The number of hydrogen-bond acceptors (Lipinski definition) is 8. The van der Waals surface area contributed by atoms with Gasteiger partial charge in [0.25, 0.3) is 0 Å². The third-order valence-electron chi connectivity index (χ3n) is 5.31. The molecule has 0 radical (unpaired) electrons. The number of ether oxygens (including phenoxy) is 2. The lowest BCUT2D eigenvalue weighted by molar-refractivity contribution is 0.0653. The summed E-state index contributed by atoms with van der Waals surface area (Å²) in [7, 11) is 0. The van der Waals surface area contributed by atoms with Gasteiger partial charge in [-0.3, -0.25) is 9.59 Å². The molecule has 0 aliphatic rings. The van der Waals surface area contributed by atoms with Crippen LogP contribution in [0.3, 0.4) is 0 Å². The Morgan fingerprint density at radius 3 is 1.49 bits per heavy atom. The summed E-state index contributed by atoms with van der Waals surface area (Å²) in [5, 5.41) is 18.5. The number of carbonyl (C=O) groups is 2. The molecule has 2 N–H and O–H groups in total. The summed E-state index contributed by atoms with van der Waals surface area (Å²) in [5.41, 5.74) is -1.29. The molecule has 12 heteroatoms. The van der Waals surface area contributed by atoms with Crippen LogP contribution in [-0.2, 0) is 0 Å². The molecule has 0 spiro atoms. The second-order valence-electron chi connectivity index (χ2n) is 7.82. The molecule has 2 heterocycles. The minimum absolute atomic E-state index is 0.0559. The third kappa shape index (κ3) is 5.55. The second-order valence-corrected chi connectivity index (χ2v) is 8.63. The standard InChI is InChI=1S/C25H18Cl2O10/c26-12-4-6-16(20-14(28)10-18(24(30)31)36-22(12)20)34-8-2-1-3-9-35-17-7-5-13(27)23-21(17)15(29)11-19(37-23)25(32)33/h4-7,10-11H,1-3,8-9H2,(H,30,31)(H,32,33). The summed E-state index contributed by atoms with van der Waals surface area (Å²) < 4.78 is 21.9. The minimum atomic E-state index is -1.39. The van der Waals surface area contributed by atoms with Crippen LogP contribution >= 0.6 is 23.2 Å². The second kappa shape index (κ2) is 10.9. The Kier molecular flexibility index (Phi) is 7.70. The van der Waals surface area contributed by atoms with Gasteiger partial charge in [-0.1, -0.05) is 23.2 Å². The SMILES string of the molecule is O=C(O)c1cc(=O)c2c(OCCCCCOc3ccc(Cl)c4oc(C(=O)O)cc(=O)c34)ccc(Cl)c2o1. The lowest BCUT2D eigenvalue weighted by atomic mass is 10.2. The fourth-order valence-electron chi connectivity index (χ4n) is 3.60. The Morgan fingerprint density at radius 1 is 0.703 bits per heavy atom. The van der Waals surface area contributed by atoms with Gasteiger partial charge >= 0.3 is 11.9 Å². The summed E-state index contributed by atoms with van der Waals surface area (Å²) in [4.78, 5) is 47.2. The van der Waals surface area contributed by atoms with Gasteiger partial charge in [-0.2, -0.15) is 0 Å². The first kappa shape index (κ1) is 26.1. The molecular weight excluding hydrogens is 531 g/mol. The van der Waals surface area contributed by atoms with Crippen molar-refractivity contribution in [2.75, 3.05) is 13.2 Å². The maximum atomic E-state index is 12.4. The van der Waals surface area contributed by atoms with Gasteiger partial charge in [0, 0.05) is 12.1 Å². The molecule has 0 fully saturated rings. The van der Waals surface area contributed by atoms with Crippen molar-refractivity contribution in [3.63, 3.8) is 0 Å². The van der Waals surface area contributed by atoms with Gasteiger partial charge in [0.05, 0.1) is 23.3 Å². The first-order chi connectivity index (χ1) is 17.7. The van der Waals surface area contributed by atoms with Gasteiger partial charge in [-0.25, -0.2) is 9.59 Å². The summed E-state index contributed by atoms with van der Waals surface area (Å²) >= 11 is 12.1. The number of halogens is 2. The highest BCUT2D eigenvalue weighted by Gasteiger charge is 2.18. The Morgan fingerprint density at radius 2 is 1.11 bits per heavy atom. The minimum Gasteiger partial charge on any atom is -0.493 e. The molecule has 0 saturated carbocycles. The molecule has 0 aliphatic heterocycles. The number of aromatic carboxylic acids is 2. The van der Waals surface area contributed by atoms with E-state index < -0.39 is 34.3 Å². The molecule has 0 atom stereocenters. The van der Waals surface area contributed by atoms with Crippen LogP contribution in [0.25, 0.3) is 21.9 Å². The molecule has 10 nitrogen and oxygen atoms in total. The predicted octanol–water partition coefficient (Wildman–Crippen LogP) is 5.23. The molecule has 0 bridgehead atoms. The molecule has 4 aromatic rings. The zero-order chi connectivity index (χ0) is 26.7. The average Bonchev–Trinajstić information content (AvgIpc) is 2.85. The highest BCUT2D eigenvalue weighted by molar-refractivity contribution is 6.35. The van der Waals surface area contributed by atoms with E-state index in [0.717, 1.165) is 12.1 Å². The van der Waals surface area contributed by atoms with E-state index >= 15 is 0 Å². The Hall–Kier alpha value is -4.02. The van der Waals surface area contributed by atoms with Crippen molar-refractivity contribution in [3.05, 3.63) is 78.4 Å². The average molecular weight is 549 g/mol. The molecule has 0 unspecified atom stereocenters. The van der Waals surface area contributed by atoms with Crippen molar-refractivity contribution in [1.82, 2.24) is 0 Å². The van der Waals surface area contributed by atoms with E-state index in [1.807, 2.05) is 0 Å². The number of benzene rings is 2. The number of unbranched alkanes of at least 4 members (excludes halogenated alkanes) is 2. The van der Waals surface area contributed by atoms with Crippen molar-refractivity contribution in [2.24, 2.45) is 0 Å². The first-order valence-corrected chi connectivity index (χ1v) is 11.7. The third-order valence-corrected chi connectivity index (χ3v) is 5.90. The van der Waals surface area contributed by atoms with Gasteiger partial charge in [0.2, 0.25) is 11.5 Å². The van der Waals surface area contributed by atoms with Gasteiger partial charge in [-0.05, 0) is 43.5 Å². The number of hydrogen-bond donors (Lipinski definition) is 2. The van der Waals surface area contributed by atoms with Crippen LogP contribution < -0.4 is 20.3 Å². The first-order valence-electron chi connectivity index (χ1n) is 10.9. The number of carboxylic acids is 2. The van der Waals surface area contributed by atoms with Crippen LogP contribution in [0.15, 0.2) is 54.8 Å². The van der Waals surface area contributed by atoms with E-state index in [1.54, 1.807) is 0 Å². The quantitative estimate of drug-likeness (QED) is 0.251. The Bertz CT molecular complexity index is 1520. The molecule has 192 valence electrons. The van der Waals surface area contributed by atoms with E-state index in [2.05, 4.69) is 0 Å². The van der Waals surface area contributed by atoms with Crippen molar-refractivity contribution >= 4 is 57.1 Å². The van der Waals surface area contributed by atoms with E-state index in [0.29, 0.717) is 19.3 Å². The molecule has 0 saturated heterocycles. The number of fused-ring (bicyclic) bond motifs is 2. The fraction of sp³-hybridized carbons (Fsp3) is 0.200. The predicted molar refractivity (Wildman–Crippen MR) is 134 cm³/mol. The molecule has 4 rings (SSSR count). The smallest absolute Gasteiger partial charge is 0.371 e. The summed E-state index contributed by atoms with van der Waals surface area (Å²) in [6.07, 6.45) is 1.86. The summed E-state index contributed by atoms with van der Waals surface area (Å²) in [6, 6.07) is 7.67. The Balaban J connectivity index is 1.35. The zero-order valence-electron chi connectivity index (χ0n) is 18.9. The molecule has 0 amide bonds. The molecule has 0 aliphatic carbocycles. The Labute approximate surface area is 217 Å². The van der Waals surface area contributed by atoms with Crippen molar-refractivity contribution in [2.45, 2.75) is 19.3 Å². The largest absolute Gasteiger partial charge is 0.493 e. The molecule has 2 aromatic heterocycles. The van der Waals surface area contributed by atoms with E-state index in [9.17, 15) is 19.2 Å². The van der Waals surface area contributed by atoms with Gasteiger partial charge in [0.15, 0.2) is 22.0 Å². The van der Waals surface area contributed by atoms with E-state index in [-0.39, 0.29) is 56.7 Å². The maximum Gasteiger partial charge on any atom is 0.371 e. The van der Waals surface area contributed by atoms with E-state index in [1.165, 1.54) is 24.3 Å². The van der Waals surface area contributed by atoms with Crippen LogP contribution in [0.4, 0.5) is 0 Å². The number of rotatable bonds is 10.